The van der Waals surface area contributed by atoms with Gasteiger partial charge >= 0.3 is 0 Å². The fraction of sp³-hybridized carbons (Fsp3) is 0.174. The molecule has 0 saturated carbocycles. The Bertz CT molecular complexity index is 1160. The quantitative estimate of drug-likeness (QED) is 0.535. The molecular formula is C23H19N3O2. The summed E-state index contributed by atoms with van der Waals surface area (Å²) in [6.45, 7) is 0.739. The highest BCUT2D eigenvalue weighted by molar-refractivity contribution is 5.96. The zero-order valence-electron chi connectivity index (χ0n) is 15.3. The number of benzene rings is 3. The minimum atomic E-state index is 0.0925. The van der Waals surface area contributed by atoms with Crippen molar-refractivity contribution in [2.24, 2.45) is 0 Å². The molecular weight excluding hydrogens is 350 g/mol. The number of hydrogen-bond donors (Lipinski definition) is 0. The molecule has 2 heterocycles. The average molecular weight is 369 g/mol. The van der Waals surface area contributed by atoms with Crippen molar-refractivity contribution >= 4 is 22.4 Å². The molecule has 3 aromatic carbocycles. The topological polar surface area (TPSA) is 59.2 Å². The molecule has 4 aromatic rings. The van der Waals surface area contributed by atoms with Gasteiger partial charge in [-0.1, -0.05) is 65.8 Å². The smallest absolute Gasteiger partial charge is 0.227 e. The van der Waals surface area contributed by atoms with Crippen LogP contribution in [0.15, 0.2) is 71.3 Å². The monoisotopic (exact) mass is 369 g/mol. The number of carbonyl (C=O) groups is 1. The van der Waals surface area contributed by atoms with Crippen molar-refractivity contribution in [2.45, 2.75) is 19.3 Å². The van der Waals surface area contributed by atoms with Crippen LogP contribution < -0.4 is 4.90 Å². The van der Waals surface area contributed by atoms with Gasteiger partial charge in [-0.25, -0.2) is 0 Å². The second kappa shape index (κ2) is 6.93. The zero-order valence-corrected chi connectivity index (χ0v) is 15.3. The molecule has 0 fully saturated rings. The van der Waals surface area contributed by atoms with Gasteiger partial charge in [-0.2, -0.15) is 4.98 Å². The molecule has 138 valence electrons. The van der Waals surface area contributed by atoms with Crippen molar-refractivity contribution in [1.82, 2.24) is 10.1 Å². The van der Waals surface area contributed by atoms with Gasteiger partial charge in [0, 0.05) is 30.6 Å². The summed E-state index contributed by atoms with van der Waals surface area (Å²) in [4.78, 5) is 19.1. The van der Waals surface area contributed by atoms with E-state index in [1.54, 1.807) is 0 Å². The molecule has 0 radical (unpaired) electrons. The van der Waals surface area contributed by atoms with Crippen molar-refractivity contribution in [1.29, 1.82) is 0 Å². The molecule has 1 aliphatic rings. The second-order valence-electron chi connectivity index (χ2n) is 6.96. The summed E-state index contributed by atoms with van der Waals surface area (Å²) in [5, 5.41) is 6.36. The lowest BCUT2D eigenvalue weighted by Gasteiger charge is -2.16. The SMILES string of the molecule is O=C(CCc1nc(-c2cccc3ccccc23)no1)N1CCc2ccccc21. The van der Waals surface area contributed by atoms with Gasteiger partial charge in [-0.05, 0) is 28.8 Å². The van der Waals surface area contributed by atoms with Crippen LogP contribution in [0.1, 0.15) is 17.9 Å². The normalized spacial score (nSPS) is 13.1. The molecule has 0 aliphatic carbocycles. The van der Waals surface area contributed by atoms with Gasteiger partial charge in [0.25, 0.3) is 0 Å². The van der Waals surface area contributed by atoms with Gasteiger partial charge < -0.3 is 9.42 Å². The van der Waals surface area contributed by atoms with Crippen LogP contribution in [-0.2, 0) is 17.6 Å². The summed E-state index contributed by atoms with van der Waals surface area (Å²) in [5.41, 5.74) is 3.19. The van der Waals surface area contributed by atoms with E-state index in [4.69, 9.17) is 4.52 Å². The fourth-order valence-electron chi connectivity index (χ4n) is 3.83. The lowest BCUT2D eigenvalue weighted by atomic mass is 10.0. The maximum atomic E-state index is 12.7. The second-order valence-corrected chi connectivity index (χ2v) is 6.96. The molecule has 1 aliphatic heterocycles. The van der Waals surface area contributed by atoms with Gasteiger partial charge in [-0.3, -0.25) is 4.79 Å². The summed E-state index contributed by atoms with van der Waals surface area (Å²) < 4.78 is 5.42. The number of anilines is 1. The van der Waals surface area contributed by atoms with Crippen molar-refractivity contribution in [3.63, 3.8) is 0 Å². The molecule has 1 aromatic heterocycles. The van der Waals surface area contributed by atoms with E-state index >= 15 is 0 Å². The Morgan fingerprint density at radius 1 is 1.00 bits per heavy atom. The summed E-state index contributed by atoms with van der Waals surface area (Å²) in [6.07, 6.45) is 1.70. The maximum Gasteiger partial charge on any atom is 0.227 e. The minimum absolute atomic E-state index is 0.0925. The molecule has 1 amide bonds. The molecule has 0 spiro atoms. The fourth-order valence-corrected chi connectivity index (χ4v) is 3.83. The summed E-state index contributed by atoms with van der Waals surface area (Å²) in [6, 6.07) is 22.2. The molecule has 5 heteroatoms. The van der Waals surface area contributed by atoms with E-state index in [0.29, 0.717) is 24.6 Å². The first-order chi connectivity index (χ1) is 13.8. The predicted octanol–water partition coefficient (Wildman–Crippen LogP) is 4.41. The van der Waals surface area contributed by atoms with Gasteiger partial charge in [-0.15, -0.1) is 0 Å². The van der Waals surface area contributed by atoms with Gasteiger partial charge in [0.15, 0.2) is 0 Å². The summed E-state index contributed by atoms with van der Waals surface area (Å²) in [5.74, 6) is 1.14. The third kappa shape index (κ3) is 2.95. The molecule has 0 N–H and O–H groups in total. The minimum Gasteiger partial charge on any atom is -0.339 e. The number of carbonyl (C=O) groups excluding carboxylic acids is 1. The van der Waals surface area contributed by atoms with Crippen LogP contribution in [0.5, 0.6) is 0 Å². The Morgan fingerprint density at radius 3 is 2.79 bits per heavy atom. The van der Waals surface area contributed by atoms with Crippen molar-refractivity contribution < 1.29 is 9.32 Å². The number of fused-ring (bicyclic) bond motifs is 2. The van der Waals surface area contributed by atoms with Crippen LogP contribution in [0.2, 0.25) is 0 Å². The predicted molar refractivity (Wildman–Crippen MR) is 108 cm³/mol. The van der Waals surface area contributed by atoms with Gasteiger partial charge in [0.2, 0.25) is 17.6 Å². The van der Waals surface area contributed by atoms with Crippen LogP contribution in [-0.4, -0.2) is 22.6 Å². The molecule has 5 rings (SSSR count). The number of rotatable bonds is 4. The van der Waals surface area contributed by atoms with E-state index in [9.17, 15) is 4.79 Å². The first kappa shape index (κ1) is 16.7. The number of aryl methyl sites for hydroxylation is 1. The first-order valence-electron chi connectivity index (χ1n) is 9.48. The van der Waals surface area contributed by atoms with Crippen LogP contribution >= 0.6 is 0 Å². The Balaban J connectivity index is 1.32. The van der Waals surface area contributed by atoms with E-state index < -0.39 is 0 Å². The van der Waals surface area contributed by atoms with E-state index in [-0.39, 0.29) is 5.91 Å². The van der Waals surface area contributed by atoms with Crippen molar-refractivity contribution in [3.8, 4) is 11.4 Å². The van der Waals surface area contributed by atoms with E-state index in [1.165, 1.54) is 5.56 Å². The lowest BCUT2D eigenvalue weighted by molar-refractivity contribution is -0.118. The number of para-hydroxylation sites is 1. The molecule has 28 heavy (non-hydrogen) atoms. The maximum absolute atomic E-state index is 12.7. The van der Waals surface area contributed by atoms with Crippen LogP contribution in [0, 0.1) is 0 Å². The Kier molecular flexibility index (Phi) is 4.13. The largest absolute Gasteiger partial charge is 0.339 e. The third-order valence-corrected chi connectivity index (χ3v) is 5.24. The highest BCUT2D eigenvalue weighted by Crippen LogP contribution is 2.29. The lowest BCUT2D eigenvalue weighted by Crippen LogP contribution is -2.29. The summed E-state index contributed by atoms with van der Waals surface area (Å²) >= 11 is 0. The van der Waals surface area contributed by atoms with Crippen LogP contribution in [0.25, 0.3) is 22.2 Å². The zero-order chi connectivity index (χ0) is 18.9. The van der Waals surface area contributed by atoms with Gasteiger partial charge in [0.05, 0.1) is 0 Å². The number of hydrogen-bond acceptors (Lipinski definition) is 4. The first-order valence-corrected chi connectivity index (χ1v) is 9.48. The Morgan fingerprint density at radius 2 is 1.82 bits per heavy atom. The third-order valence-electron chi connectivity index (χ3n) is 5.24. The molecule has 0 unspecified atom stereocenters. The standard InChI is InChI=1S/C23H19N3O2/c27-22(26-15-14-17-7-2-4-11-20(17)26)13-12-21-24-23(25-28-21)19-10-5-8-16-6-1-3-9-18(16)19/h1-11H,12-15H2. The van der Waals surface area contributed by atoms with Crippen LogP contribution in [0.3, 0.4) is 0 Å². The van der Waals surface area contributed by atoms with E-state index in [2.05, 4.69) is 34.4 Å². The Labute approximate surface area is 162 Å². The number of amides is 1. The van der Waals surface area contributed by atoms with Crippen molar-refractivity contribution in [3.05, 3.63) is 78.2 Å². The molecule has 0 saturated heterocycles. The van der Waals surface area contributed by atoms with E-state index in [0.717, 1.165) is 35.0 Å². The summed E-state index contributed by atoms with van der Waals surface area (Å²) in [7, 11) is 0. The highest BCUT2D eigenvalue weighted by Gasteiger charge is 2.24. The number of aromatic nitrogens is 2. The average Bonchev–Trinajstić information content (AvgIpc) is 3.39. The molecule has 0 atom stereocenters. The van der Waals surface area contributed by atoms with Crippen LogP contribution in [0.4, 0.5) is 5.69 Å². The Hall–Kier alpha value is -3.47. The van der Waals surface area contributed by atoms with E-state index in [1.807, 2.05) is 47.4 Å². The number of nitrogens with zero attached hydrogens (tertiary/aromatic N) is 3. The molecule has 0 bridgehead atoms. The van der Waals surface area contributed by atoms with Crippen molar-refractivity contribution in [2.75, 3.05) is 11.4 Å². The highest BCUT2D eigenvalue weighted by atomic mass is 16.5. The van der Waals surface area contributed by atoms with Gasteiger partial charge in [0.1, 0.15) is 0 Å². The molecule has 5 nitrogen and oxygen atoms in total.